The lowest BCUT2D eigenvalue weighted by molar-refractivity contribution is -0.125. The van der Waals surface area contributed by atoms with Crippen molar-refractivity contribution < 1.29 is 23.5 Å². The van der Waals surface area contributed by atoms with Gasteiger partial charge >= 0.3 is 0 Å². The molecule has 0 aliphatic carbocycles. The predicted octanol–water partition coefficient (Wildman–Crippen LogP) is 3.63. The van der Waals surface area contributed by atoms with Crippen LogP contribution in [0.1, 0.15) is 12.0 Å². The van der Waals surface area contributed by atoms with E-state index < -0.39 is 12.0 Å². The molecule has 1 aliphatic heterocycles. The van der Waals surface area contributed by atoms with E-state index in [0.717, 1.165) is 0 Å². The molecule has 136 valence electrons. The summed E-state index contributed by atoms with van der Waals surface area (Å²) in [5.74, 6) is 0.0228. The second-order valence-electron chi connectivity index (χ2n) is 5.52. The Morgan fingerprint density at radius 1 is 1.27 bits per heavy atom. The molecule has 2 aromatic carbocycles. The summed E-state index contributed by atoms with van der Waals surface area (Å²) in [5.41, 5.74) is 1.46. The van der Waals surface area contributed by atoms with Crippen molar-refractivity contribution >= 4 is 28.9 Å². The van der Waals surface area contributed by atoms with E-state index in [2.05, 4.69) is 10.5 Å². The summed E-state index contributed by atoms with van der Waals surface area (Å²) in [6.45, 7) is 0. The van der Waals surface area contributed by atoms with Crippen LogP contribution in [-0.2, 0) is 9.63 Å². The van der Waals surface area contributed by atoms with Gasteiger partial charge in [-0.1, -0.05) is 28.9 Å². The number of hydrogen-bond donors (Lipinski definition) is 1. The number of benzene rings is 2. The van der Waals surface area contributed by atoms with E-state index >= 15 is 0 Å². The number of carbonyl (C=O) groups excluding carboxylic acids is 1. The zero-order valence-electron chi connectivity index (χ0n) is 14.1. The van der Waals surface area contributed by atoms with Gasteiger partial charge in [0.1, 0.15) is 17.3 Å². The highest BCUT2D eigenvalue weighted by Gasteiger charge is 2.29. The molecule has 1 unspecified atom stereocenters. The molecule has 0 saturated carbocycles. The van der Waals surface area contributed by atoms with Gasteiger partial charge < -0.3 is 19.6 Å². The van der Waals surface area contributed by atoms with Gasteiger partial charge in [-0.2, -0.15) is 0 Å². The number of nitrogens with one attached hydrogen (secondary N) is 1. The molecular formula is C18H16ClFN2O4. The van der Waals surface area contributed by atoms with Crippen molar-refractivity contribution in [3.05, 3.63) is 52.8 Å². The van der Waals surface area contributed by atoms with Gasteiger partial charge in [0, 0.05) is 18.1 Å². The summed E-state index contributed by atoms with van der Waals surface area (Å²) >= 11 is 6.10. The first-order valence-electron chi connectivity index (χ1n) is 7.73. The Balaban J connectivity index is 1.71. The molecule has 1 aliphatic rings. The largest absolute Gasteiger partial charge is 0.495 e. The van der Waals surface area contributed by atoms with Crippen molar-refractivity contribution in [1.29, 1.82) is 0 Å². The van der Waals surface area contributed by atoms with E-state index in [9.17, 15) is 9.18 Å². The van der Waals surface area contributed by atoms with E-state index in [4.69, 9.17) is 25.9 Å². The van der Waals surface area contributed by atoms with Crippen LogP contribution < -0.4 is 14.8 Å². The van der Waals surface area contributed by atoms with E-state index in [1.54, 1.807) is 18.2 Å². The minimum Gasteiger partial charge on any atom is -0.495 e. The van der Waals surface area contributed by atoms with Crippen molar-refractivity contribution in [2.24, 2.45) is 5.16 Å². The molecule has 2 aromatic rings. The number of hydrogen-bond acceptors (Lipinski definition) is 5. The third-order valence-electron chi connectivity index (χ3n) is 3.85. The Morgan fingerprint density at radius 3 is 2.73 bits per heavy atom. The minimum atomic E-state index is -0.834. The molecule has 0 fully saturated rings. The first-order chi connectivity index (χ1) is 12.5. The lowest BCUT2D eigenvalue weighted by atomic mass is 10.0. The van der Waals surface area contributed by atoms with Crippen LogP contribution in [0.25, 0.3) is 0 Å². The van der Waals surface area contributed by atoms with Crippen molar-refractivity contribution in [3.63, 3.8) is 0 Å². The molecule has 0 saturated heterocycles. The Labute approximate surface area is 154 Å². The van der Waals surface area contributed by atoms with Crippen LogP contribution in [0.3, 0.4) is 0 Å². The summed E-state index contributed by atoms with van der Waals surface area (Å²) in [6, 6.07) is 9.06. The Kier molecular flexibility index (Phi) is 5.27. The van der Waals surface area contributed by atoms with Crippen LogP contribution in [0.4, 0.5) is 10.1 Å². The average molecular weight is 379 g/mol. The van der Waals surface area contributed by atoms with Crippen LogP contribution in [0.2, 0.25) is 5.02 Å². The predicted molar refractivity (Wildman–Crippen MR) is 95.6 cm³/mol. The topological polar surface area (TPSA) is 69.2 Å². The van der Waals surface area contributed by atoms with E-state index in [0.29, 0.717) is 33.5 Å². The van der Waals surface area contributed by atoms with Crippen molar-refractivity contribution in [2.45, 2.75) is 12.5 Å². The Hall–Kier alpha value is -2.80. The molecule has 1 atom stereocenters. The number of amides is 1. The third-order valence-corrected chi connectivity index (χ3v) is 4.15. The molecule has 0 radical (unpaired) electrons. The van der Waals surface area contributed by atoms with Crippen molar-refractivity contribution in [3.8, 4) is 11.5 Å². The van der Waals surface area contributed by atoms with Gasteiger partial charge in [0.05, 0.1) is 30.6 Å². The summed E-state index contributed by atoms with van der Waals surface area (Å²) in [4.78, 5) is 17.7. The minimum absolute atomic E-state index is 0.224. The van der Waals surface area contributed by atoms with E-state index in [1.165, 1.54) is 32.4 Å². The average Bonchev–Trinajstić information content (AvgIpc) is 3.12. The normalized spacial score (nSPS) is 15.8. The van der Waals surface area contributed by atoms with E-state index in [-0.39, 0.29) is 12.2 Å². The molecule has 1 amide bonds. The number of oxime groups is 1. The van der Waals surface area contributed by atoms with Crippen molar-refractivity contribution in [1.82, 2.24) is 0 Å². The maximum absolute atomic E-state index is 13.3. The lowest BCUT2D eigenvalue weighted by Crippen LogP contribution is -2.28. The summed E-state index contributed by atoms with van der Waals surface area (Å²) in [5, 5.41) is 6.92. The lowest BCUT2D eigenvalue weighted by Gasteiger charge is -2.14. The maximum atomic E-state index is 13.3. The smallest absolute Gasteiger partial charge is 0.268 e. The second kappa shape index (κ2) is 7.61. The Bertz CT molecular complexity index is 872. The number of halogens is 2. The first-order valence-corrected chi connectivity index (χ1v) is 8.10. The molecule has 0 spiro atoms. The number of ether oxygens (including phenoxy) is 2. The van der Waals surface area contributed by atoms with Crippen LogP contribution in [0.15, 0.2) is 41.6 Å². The molecule has 0 aromatic heterocycles. The fraction of sp³-hybridized carbons (Fsp3) is 0.222. The van der Waals surface area contributed by atoms with E-state index in [1.807, 2.05) is 0 Å². The number of methoxy groups -OCH3 is 2. The highest BCUT2D eigenvalue weighted by molar-refractivity contribution is 6.32. The number of anilines is 1. The highest BCUT2D eigenvalue weighted by atomic mass is 35.5. The van der Waals surface area contributed by atoms with Crippen LogP contribution in [0.5, 0.6) is 11.5 Å². The third kappa shape index (κ3) is 3.72. The number of carbonyl (C=O) groups is 1. The summed E-state index contributed by atoms with van der Waals surface area (Å²) in [7, 11) is 2.95. The number of nitrogens with zero attached hydrogens (tertiary/aromatic N) is 1. The van der Waals surface area contributed by atoms with Gasteiger partial charge in [-0.15, -0.1) is 0 Å². The summed E-state index contributed by atoms with van der Waals surface area (Å²) < 4.78 is 23.7. The van der Waals surface area contributed by atoms with Gasteiger partial charge in [-0.05, 0) is 18.2 Å². The molecule has 0 bridgehead atoms. The standard InChI is InChI=1S/C18H16ClFN2O4/c1-24-15-9-16(25-2)14(7-12(15)19)21-18(23)17-8-13(22-26-17)10-4-3-5-11(20)6-10/h3-7,9,17H,8H2,1-2H3,(H,21,23). The summed E-state index contributed by atoms with van der Waals surface area (Å²) in [6.07, 6.45) is -0.611. The van der Waals surface area contributed by atoms with Gasteiger partial charge in [0.2, 0.25) is 6.10 Å². The van der Waals surface area contributed by atoms with Crippen LogP contribution >= 0.6 is 11.6 Å². The monoisotopic (exact) mass is 378 g/mol. The molecule has 26 heavy (non-hydrogen) atoms. The van der Waals surface area contributed by atoms with Gasteiger partial charge in [0.15, 0.2) is 0 Å². The molecule has 8 heteroatoms. The zero-order chi connectivity index (χ0) is 18.7. The van der Waals surface area contributed by atoms with Crippen LogP contribution in [-0.4, -0.2) is 31.9 Å². The fourth-order valence-electron chi connectivity index (χ4n) is 2.53. The molecule has 6 nitrogen and oxygen atoms in total. The van der Waals surface area contributed by atoms with Gasteiger partial charge in [-0.25, -0.2) is 4.39 Å². The fourth-order valence-corrected chi connectivity index (χ4v) is 2.77. The highest BCUT2D eigenvalue weighted by Crippen LogP contribution is 2.36. The molecule has 3 rings (SSSR count). The van der Waals surface area contributed by atoms with Gasteiger partial charge in [0.25, 0.3) is 5.91 Å². The quantitative estimate of drug-likeness (QED) is 0.862. The SMILES string of the molecule is COc1cc(OC)c(NC(=O)C2CC(c3cccc(F)c3)=NO2)cc1Cl. The van der Waals surface area contributed by atoms with Crippen molar-refractivity contribution in [2.75, 3.05) is 19.5 Å². The molecule has 1 N–H and O–H groups in total. The zero-order valence-corrected chi connectivity index (χ0v) is 14.8. The second-order valence-corrected chi connectivity index (χ2v) is 5.93. The first kappa shape index (κ1) is 18.0. The maximum Gasteiger partial charge on any atom is 0.268 e. The van der Waals surface area contributed by atoms with Gasteiger partial charge in [-0.3, -0.25) is 4.79 Å². The Morgan fingerprint density at radius 2 is 2.04 bits per heavy atom. The van der Waals surface area contributed by atoms with Crippen LogP contribution in [0, 0.1) is 5.82 Å². The number of rotatable bonds is 5. The molecule has 1 heterocycles. The molecular weight excluding hydrogens is 363 g/mol.